The standard InChI is InChI=1S/C14H19NO2/c1-9(2)13(15-11(4)16)14(17)12-7-5-10(3)6-8-12/h5-9,13H,1-4H3,(H,15,16). The van der Waals surface area contributed by atoms with Crippen LogP contribution in [-0.4, -0.2) is 17.7 Å². The van der Waals surface area contributed by atoms with Crippen molar-refractivity contribution >= 4 is 11.7 Å². The molecule has 0 saturated carbocycles. The molecule has 0 spiro atoms. The summed E-state index contributed by atoms with van der Waals surface area (Å²) in [6.07, 6.45) is 0. The number of ketones is 1. The van der Waals surface area contributed by atoms with Gasteiger partial charge in [-0.15, -0.1) is 0 Å². The molecule has 1 aromatic rings. The summed E-state index contributed by atoms with van der Waals surface area (Å²) < 4.78 is 0. The zero-order chi connectivity index (χ0) is 13.0. The maximum absolute atomic E-state index is 12.2. The molecule has 0 aliphatic carbocycles. The van der Waals surface area contributed by atoms with Gasteiger partial charge in [-0.25, -0.2) is 0 Å². The van der Waals surface area contributed by atoms with Crippen molar-refractivity contribution < 1.29 is 9.59 Å². The van der Waals surface area contributed by atoms with Crippen LogP contribution in [0.5, 0.6) is 0 Å². The Bertz CT molecular complexity index is 407. The van der Waals surface area contributed by atoms with Crippen LogP contribution in [0.3, 0.4) is 0 Å². The van der Waals surface area contributed by atoms with E-state index in [4.69, 9.17) is 0 Å². The molecule has 0 heterocycles. The summed E-state index contributed by atoms with van der Waals surface area (Å²) in [4.78, 5) is 23.3. The third-order valence-electron chi connectivity index (χ3n) is 2.64. The fourth-order valence-electron chi connectivity index (χ4n) is 1.65. The smallest absolute Gasteiger partial charge is 0.217 e. The number of carbonyl (C=O) groups is 2. The topological polar surface area (TPSA) is 46.2 Å². The van der Waals surface area contributed by atoms with Crippen molar-refractivity contribution in [1.82, 2.24) is 5.32 Å². The number of carbonyl (C=O) groups excluding carboxylic acids is 2. The van der Waals surface area contributed by atoms with Crippen LogP contribution in [0, 0.1) is 12.8 Å². The van der Waals surface area contributed by atoms with E-state index in [1.807, 2.05) is 32.9 Å². The molecule has 0 aliphatic heterocycles. The van der Waals surface area contributed by atoms with Crippen LogP contribution in [0.2, 0.25) is 0 Å². The highest BCUT2D eigenvalue weighted by Crippen LogP contribution is 2.11. The van der Waals surface area contributed by atoms with Crippen molar-refractivity contribution in [1.29, 1.82) is 0 Å². The van der Waals surface area contributed by atoms with E-state index in [-0.39, 0.29) is 17.6 Å². The van der Waals surface area contributed by atoms with Gasteiger partial charge < -0.3 is 5.32 Å². The lowest BCUT2D eigenvalue weighted by Gasteiger charge is -2.20. The van der Waals surface area contributed by atoms with Crippen LogP contribution in [0.25, 0.3) is 0 Å². The number of hydrogen-bond donors (Lipinski definition) is 1. The van der Waals surface area contributed by atoms with Gasteiger partial charge in [-0.1, -0.05) is 43.7 Å². The molecule has 0 radical (unpaired) electrons. The van der Waals surface area contributed by atoms with Gasteiger partial charge in [0.25, 0.3) is 0 Å². The van der Waals surface area contributed by atoms with Crippen LogP contribution in [0.15, 0.2) is 24.3 Å². The molecular formula is C14H19NO2. The van der Waals surface area contributed by atoms with E-state index < -0.39 is 6.04 Å². The first-order valence-corrected chi connectivity index (χ1v) is 5.79. The Morgan fingerprint density at radius 1 is 1.12 bits per heavy atom. The van der Waals surface area contributed by atoms with Gasteiger partial charge in [-0.2, -0.15) is 0 Å². The molecule has 92 valence electrons. The first-order chi connectivity index (χ1) is 7.91. The van der Waals surface area contributed by atoms with Crippen molar-refractivity contribution in [3.8, 4) is 0 Å². The molecule has 3 nitrogen and oxygen atoms in total. The number of amides is 1. The summed E-state index contributed by atoms with van der Waals surface area (Å²) in [5, 5.41) is 2.70. The second-order valence-corrected chi connectivity index (χ2v) is 4.65. The Kier molecular flexibility index (Phi) is 4.44. The van der Waals surface area contributed by atoms with Crippen LogP contribution in [0.4, 0.5) is 0 Å². The molecule has 0 aliphatic rings. The third kappa shape index (κ3) is 3.70. The quantitative estimate of drug-likeness (QED) is 0.811. The lowest BCUT2D eigenvalue weighted by Crippen LogP contribution is -2.43. The van der Waals surface area contributed by atoms with Gasteiger partial charge >= 0.3 is 0 Å². The van der Waals surface area contributed by atoms with Gasteiger partial charge in [-0.05, 0) is 12.8 Å². The van der Waals surface area contributed by atoms with E-state index in [0.717, 1.165) is 5.56 Å². The fraction of sp³-hybridized carbons (Fsp3) is 0.429. The Labute approximate surface area is 102 Å². The maximum Gasteiger partial charge on any atom is 0.217 e. The van der Waals surface area contributed by atoms with Crippen LogP contribution in [0.1, 0.15) is 36.7 Å². The number of rotatable bonds is 4. The predicted molar refractivity (Wildman–Crippen MR) is 68.0 cm³/mol. The van der Waals surface area contributed by atoms with Crippen molar-refractivity contribution in [3.05, 3.63) is 35.4 Å². The Morgan fingerprint density at radius 2 is 1.65 bits per heavy atom. The SMILES string of the molecule is CC(=O)NC(C(=O)c1ccc(C)cc1)C(C)C. The van der Waals surface area contributed by atoms with Gasteiger partial charge in [-0.3, -0.25) is 9.59 Å². The number of nitrogens with one attached hydrogen (secondary N) is 1. The highest BCUT2D eigenvalue weighted by atomic mass is 16.2. The molecule has 17 heavy (non-hydrogen) atoms. The normalized spacial score (nSPS) is 12.3. The zero-order valence-electron chi connectivity index (χ0n) is 10.8. The van der Waals surface area contributed by atoms with E-state index in [9.17, 15) is 9.59 Å². The molecule has 0 fully saturated rings. The number of benzene rings is 1. The zero-order valence-corrected chi connectivity index (χ0v) is 10.8. The summed E-state index contributed by atoms with van der Waals surface area (Å²) in [5.74, 6) is -0.132. The molecule has 3 heteroatoms. The third-order valence-corrected chi connectivity index (χ3v) is 2.64. The second-order valence-electron chi connectivity index (χ2n) is 4.65. The summed E-state index contributed by atoms with van der Waals surface area (Å²) in [6.45, 7) is 7.25. The van der Waals surface area contributed by atoms with Gasteiger partial charge in [0.2, 0.25) is 5.91 Å². The molecule has 1 N–H and O–H groups in total. The molecule has 1 aromatic carbocycles. The highest BCUT2D eigenvalue weighted by Gasteiger charge is 2.23. The largest absolute Gasteiger partial charge is 0.346 e. The minimum absolute atomic E-state index is 0.0322. The van der Waals surface area contributed by atoms with Crippen LogP contribution >= 0.6 is 0 Å². The monoisotopic (exact) mass is 233 g/mol. The van der Waals surface area contributed by atoms with E-state index in [0.29, 0.717) is 5.56 Å². The lowest BCUT2D eigenvalue weighted by molar-refractivity contribution is -0.119. The van der Waals surface area contributed by atoms with Crippen molar-refractivity contribution in [2.45, 2.75) is 33.7 Å². The summed E-state index contributed by atoms with van der Waals surface area (Å²) in [5.41, 5.74) is 1.75. The van der Waals surface area contributed by atoms with E-state index >= 15 is 0 Å². The molecule has 1 atom stereocenters. The second kappa shape index (κ2) is 5.62. The summed E-state index contributed by atoms with van der Waals surface area (Å²) >= 11 is 0. The summed E-state index contributed by atoms with van der Waals surface area (Å²) in [7, 11) is 0. The number of hydrogen-bond acceptors (Lipinski definition) is 2. The van der Waals surface area contributed by atoms with Crippen molar-refractivity contribution in [2.24, 2.45) is 5.92 Å². The van der Waals surface area contributed by atoms with Gasteiger partial charge in [0.05, 0.1) is 6.04 Å². The van der Waals surface area contributed by atoms with E-state index in [1.54, 1.807) is 12.1 Å². The fourth-order valence-corrected chi connectivity index (χ4v) is 1.65. The van der Waals surface area contributed by atoms with Gasteiger partial charge in [0, 0.05) is 12.5 Å². The molecule has 0 saturated heterocycles. The molecular weight excluding hydrogens is 214 g/mol. The first-order valence-electron chi connectivity index (χ1n) is 5.79. The molecule has 0 bridgehead atoms. The van der Waals surface area contributed by atoms with Crippen LogP contribution < -0.4 is 5.32 Å². The van der Waals surface area contributed by atoms with Crippen molar-refractivity contribution in [2.75, 3.05) is 0 Å². The minimum Gasteiger partial charge on any atom is -0.346 e. The van der Waals surface area contributed by atoms with E-state index in [1.165, 1.54) is 6.92 Å². The maximum atomic E-state index is 12.2. The summed E-state index contributed by atoms with van der Waals surface area (Å²) in [6, 6.07) is 6.95. The van der Waals surface area contributed by atoms with Gasteiger partial charge in [0.1, 0.15) is 0 Å². The predicted octanol–water partition coefficient (Wildman–Crippen LogP) is 2.34. The number of Topliss-reactive ketones (excluding diaryl/α,β-unsaturated/α-hetero) is 1. The highest BCUT2D eigenvalue weighted by molar-refractivity contribution is 6.01. The van der Waals surface area contributed by atoms with E-state index in [2.05, 4.69) is 5.32 Å². The molecule has 1 rings (SSSR count). The molecule has 0 aromatic heterocycles. The van der Waals surface area contributed by atoms with Crippen LogP contribution in [-0.2, 0) is 4.79 Å². The average molecular weight is 233 g/mol. The Balaban J connectivity index is 2.91. The first kappa shape index (κ1) is 13.4. The minimum atomic E-state index is -0.449. The average Bonchev–Trinajstić information content (AvgIpc) is 2.25. The molecule has 1 amide bonds. The van der Waals surface area contributed by atoms with Gasteiger partial charge in [0.15, 0.2) is 5.78 Å². The van der Waals surface area contributed by atoms with Crippen molar-refractivity contribution in [3.63, 3.8) is 0 Å². The number of aryl methyl sites for hydroxylation is 1. The Hall–Kier alpha value is -1.64. The lowest BCUT2D eigenvalue weighted by atomic mass is 9.94. The molecule has 1 unspecified atom stereocenters. The Morgan fingerprint density at radius 3 is 2.06 bits per heavy atom.